The van der Waals surface area contributed by atoms with E-state index in [1.165, 1.54) is 31.2 Å². The molecule has 0 aliphatic heterocycles. The van der Waals surface area contributed by atoms with Gasteiger partial charge in [-0.1, -0.05) is 18.9 Å². The molecule has 16 heavy (non-hydrogen) atoms. The van der Waals surface area contributed by atoms with Crippen LogP contribution in [0.4, 0.5) is 0 Å². The van der Waals surface area contributed by atoms with Crippen LogP contribution >= 0.6 is 0 Å². The van der Waals surface area contributed by atoms with Crippen molar-refractivity contribution in [2.24, 2.45) is 11.8 Å². The summed E-state index contributed by atoms with van der Waals surface area (Å²) in [4.78, 5) is 4.13. The third kappa shape index (κ3) is 3.03. The van der Waals surface area contributed by atoms with Gasteiger partial charge in [-0.15, -0.1) is 0 Å². The van der Waals surface area contributed by atoms with Gasteiger partial charge in [-0.3, -0.25) is 16.3 Å². The molecule has 1 heterocycles. The first kappa shape index (κ1) is 11.6. The summed E-state index contributed by atoms with van der Waals surface area (Å²) in [6.45, 7) is 0. The summed E-state index contributed by atoms with van der Waals surface area (Å²) in [6, 6.07) is 4.60. The van der Waals surface area contributed by atoms with Gasteiger partial charge in [0.25, 0.3) is 0 Å². The highest BCUT2D eigenvalue weighted by Crippen LogP contribution is 2.29. The molecule has 2 rings (SSSR count). The maximum atomic E-state index is 5.65. The van der Waals surface area contributed by atoms with Gasteiger partial charge in [0.15, 0.2) is 0 Å². The van der Waals surface area contributed by atoms with Gasteiger partial charge >= 0.3 is 0 Å². The van der Waals surface area contributed by atoms with E-state index in [9.17, 15) is 0 Å². The monoisotopic (exact) mass is 219 g/mol. The minimum Gasteiger partial charge on any atom is -0.271 e. The number of rotatable bonds is 5. The third-order valence-corrected chi connectivity index (χ3v) is 3.65. The van der Waals surface area contributed by atoms with Crippen LogP contribution in [-0.2, 0) is 6.42 Å². The molecule has 0 spiro atoms. The van der Waals surface area contributed by atoms with Crippen molar-refractivity contribution in [3.05, 3.63) is 30.1 Å². The maximum Gasteiger partial charge on any atom is 0.0299 e. The number of hydrogen-bond donors (Lipinski definition) is 2. The number of hydrazine groups is 1. The van der Waals surface area contributed by atoms with E-state index in [0.29, 0.717) is 6.04 Å². The minimum atomic E-state index is 0.475. The molecule has 1 fully saturated rings. The van der Waals surface area contributed by atoms with E-state index in [0.717, 1.165) is 18.8 Å². The zero-order valence-electron chi connectivity index (χ0n) is 9.73. The molecule has 1 aromatic rings. The molecule has 3 N–H and O–H groups in total. The van der Waals surface area contributed by atoms with Crippen LogP contribution in [0.5, 0.6) is 0 Å². The van der Waals surface area contributed by atoms with Crippen LogP contribution in [-0.4, -0.2) is 11.0 Å². The fraction of sp³-hybridized carbons (Fsp3) is 0.615. The average molecular weight is 219 g/mol. The summed E-state index contributed by atoms with van der Waals surface area (Å²) in [6.07, 6.45) is 11.4. The Bertz CT molecular complexity index is 293. The Balaban J connectivity index is 1.83. The highest BCUT2D eigenvalue weighted by molar-refractivity contribution is 5.08. The van der Waals surface area contributed by atoms with Gasteiger partial charge < -0.3 is 0 Å². The van der Waals surface area contributed by atoms with Gasteiger partial charge in [0, 0.05) is 18.4 Å². The Morgan fingerprint density at radius 3 is 2.88 bits per heavy atom. The second kappa shape index (κ2) is 5.97. The van der Waals surface area contributed by atoms with Crippen LogP contribution in [0, 0.1) is 5.92 Å². The molecule has 1 aliphatic rings. The van der Waals surface area contributed by atoms with Crippen LogP contribution < -0.4 is 11.3 Å². The molecule has 0 radical (unpaired) electrons. The SMILES string of the molecule is NNC(CCc1cccnc1)C1CCCC1. The lowest BCUT2D eigenvalue weighted by atomic mass is 9.93. The number of pyridine rings is 1. The van der Waals surface area contributed by atoms with Crippen molar-refractivity contribution in [1.82, 2.24) is 10.4 Å². The van der Waals surface area contributed by atoms with Crippen molar-refractivity contribution in [3.8, 4) is 0 Å². The lowest BCUT2D eigenvalue weighted by Gasteiger charge is -2.22. The lowest BCUT2D eigenvalue weighted by molar-refractivity contribution is 0.345. The summed E-state index contributed by atoms with van der Waals surface area (Å²) < 4.78 is 0. The zero-order valence-corrected chi connectivity index (χ0v) is 9.73. The molecule has 1 aliphatic carbocycles. The number of hydrogen-bond acceptors (Lipinski definition) is 3. The van der Waals surface area contributed by atoms with Gasteiger partial charge in [0.1, 0.15) is 0 Å². The van der Waals surface area contributed by atoms with E-state index in [1.54, 1.807) is 0 Å². The predicted molar refractivity (Wildman–Crippen MR) is 65.6 cm³/mol. The molecule has 1 unspecified atom stereocenters. The topological polar surface area (TPSA) is 50.9 Å². The van der Waals surface area contributed by atoms with Crippen LogP contribution in [0.3, 0.4) is 0 Å². The second-order valence-corrected chi connectivity index (χ2v) is 4.72. The van der Waals surface area contributed by atoms with E-state index < -0.39 is 0 Å². The number of nitrogens with two attached hydrogens (primary N) is 1. The van der Waals surface area contributed by atoms with E-state index in [2.05, 4.69) is 16.5 Å². The smallest absolute Gasteiger partial charge is 0.0299 e. The van der Waals surface area contributed by atoms with Gasteiger partial charge in [0.2, 0.25) is 0 Å². The second-order valence-electron chi connectivity index (χ2n) is 4.72. The van der Waals surface area contributed by atoms with Crippen molar-refractivity contribution in [2.75, 3.05) is 0 Å². The molecule has 0 amide bonds. The quantitative estimate of drug-likeness (QED) is 0.588. The van der Waals surface area contributed by atoms with Gasteiger partial charge in [-0.25, -0.2) is 0 Å². The van der Waals surface area contributed by atoms with Crippen molar-refractivity contribution in [3.63, 3.8) is 0 Å². The van der Waals surface area contributed by atoms with Crippen molar-refractivity contribution >= 4 is 0 Å². The summed E-state index contributed by atoms with van der Waals surface area (Å²) in [5.74, 6) is 6.43. The molecule has 0 bridgehead atoms. The normalized spacial score (nSPS) is 18.8. The molecule has 1 aromatic heterocycles. The first-order chi connectivity index (χ1) is 7.90. The van der Waals surface area contributed by atoms with E-state index in [4.69, 9.17) is 5.84 Å². The molecular formula is C13H21N3. The third-order valence-electron chi connectivity index (χ3n) is 3.65. The molecule has 3 nitrogen and oxygen atoms in total. The molecule has 0 saturated heterocycles. The average Bonchev–Trinajstić information content (AvgIpc) is 2.85. The van der Waals surface area contributed by atoms with E-state index >= 15 is 0 Å². The van der Waals surface area contributed by atoms with Gasteiger partial charge in [-0.05, 0) is 43.2 Å². The first-order valence-electron chi connectivity index (χ1n) is 6.25. The zero-order chi connectivity index (χ0) is 11.2. The summed E-state index contributed by atoms with van der Waals surface area (Å²) in [5, 5.41) is 0. The lowest BCUT2D eigenvalue weighted by Crippen LogP contribution is -2.40. The Kier molecular flexibility index (Phi) is 4.31. The molecular weight excluding hydrogens is 198 g/mol. The Hall–Kier alpha value is -0.930. The van der Waals surface area contributed by atoms with Crippen LogP contribution in [0.25, 0.3) is 0 Å². The molecule has 1 saturated carbocycles. The van der Waals surface area contributed by atoms with E-state index in [1.807, 2.05) is 18.5 Å². The molecule has 0 aromatic carbocycles. The molecule has 3 heteroatoms. The number of aryl methyl sites for hydroxylation is 1. The summed E-state index contributed by atoms with van der Waals surface area (Å²) in [5.41, 5.74) is 4.30. The largest absolute Gasteiger partial charge is 0.271 e. The number of aromatic nitrogens is 1. The Morgan fingerprint density at radius 1 is 1.44 bits per heavy atom. The Labute approximate surface area is 97.4 Å². The van der Waals surface area contributed by atoms with Crippen LogP contribution in [0.2, 0.25) is 0 Å². The van der Waals surface area contributed by atoms with Crippen molar-refractivity contribution in [2.45, 2.75) is 44.6 Å². The highest BCUT2D eigenvalue weighted by atomic mass is 15.2. The van der Waals surface area contributed by atoms with Gasteiger partial charge in [0.05, 0.1) is 0 Å². The van der Waals surface area contributed by atoms with Crippen molar-refractivity contribution in [1.29, 1.82) is 0 Å². The number of nitrogens with zero attached hydrogens (tertiary/aromatic N) is 1. The number of nitrogens with one attached hydrogen (secondary N) is 1. The van der Waals surface area contributed by atoms with Crippen LogP contribution in [0.15, 0.2) is 24.5 Å². The fourth-order valence-corrected chi connectivity index (χ4v) is 2.68. The van der Waals surface area contributed by atoms with Crippen LogP contribution in [0.1, 0.15) is 37.7 Å². The predicted octanol–water partition coefficient (Wildman–Crippen LogP) is 2.04. The standard InChI is InChI=1S/C13H21N3/c14-16-13(12-5-1-2-6-12)8-7-11-4-3-9-15-10-11/h3-4,9-10,12-13,16H,1-2,5-8,14H2. The first-order valence-corrected chi connectivity index (χ1v) is 6.25. The molecule has 1 atom stereocenters. The summed E-state index contributed by atoms with van der Waals surface area (Å²) in [7, 11) is 0. The highest BCUT2D eigenvalue weighted by Gasteiger charge is 2.23. The molecule has 88 valence electrons. The Morgan fingerprint density at radius 2 is 2.25 bits per heavy atom. The summed E-state index contributed by atoms with van der Waals surface area (Å²) >= 11 is 0. The minimum absolute atomic E-state index is 0.475. The van der Waals surface area contributed by atoms with Crippen molar-refractivity contribution < 1.29 is 0 Å². The fourth-order valence-electron chi connectivity index (χ4n) is 2.68. The van der Waals surface area contributed by atoms with Gasteiger partial charge in [-0.2, -0.15) is 0 Å². The van der Waals surface area contributed by atoms with E-state index in [-0.39, 0.29) is 0 Å². The maximum absolute atomic E-state index is 5.65.